The summed E-state index contributed by atoms with van der Waals surface area (Å²) >= 11 is 0. The first-order valence-corrected chi connectivity index (χ1v) is 9.57. The predicted molar refractivity (Wildman–Crippen MR) is 110 cm³/mol. The van der Waals surface area contributed by atoms with Crippen molar-refractivity contribution < 1.29 is 9.53 Å². The van der Waals surface area contributed by atoms with E-state index in [9.17, 15) is 4.79 Å². The van der Waals surface area contributed by atoms with Crippen LogP contribution in [0.4, 0.5) is 5.69 Å². The van der Waals surface area contributed by atoms with Crippen LogP contribution in [0.1, 0.15) is 37.8 Å². The lowest BCUT2D eigenvalue weighted by atomic mass is 9.94. The van der Waals surface area contributed by atoms with Gasteiger partial charge >= 0.3 is 0 Å². The van der Waals surface area contributed by atoms with Crippen LogP contribution in [-0.2, 0) is 10.2 Å². The second-order valence-electron chi connectivity index (χ2n) is 7.73. The van der Waals surface area contributed by atoms with Gasteiger partial charge in [0.25, 0.3) is 0 Å². The predicted octanol–water partition coefficient (Wildman–Crippen LogP) is 5.61. The molecule has 0 spiro atoms. The van der Waals surface area contributed by atoms with Crippen molar-refractivity contribution in [2.24, 2.45) is 0 Å². The van der Waals surface area contributed by atoms with Gasteiger partial charge in [-0.15, -0.1) is 0 Å². The van der Waals surface area contributed by atoms with Gasteiger partial charge in [0.1, 0.15) is 5.75 Å². The monoisotopic (exact) mass is 359 g/mol. The summed E-state index contributed by atoms with van der Waals surface area (Å²) in [5, 5.41) is 5.21. The van der Waals surface area contributed by atoms with E-state index in [2.05, 4.69) is 36.5 Å². The van der Waals surface area contributed by atoms with Crippen molar-refractivity contribution in [3.63, 3.8) is 0 Å². The average Bonchev–Trinajstić information content (AvgIpc) is 3.46. The minimum atomic E-state index is -0.387. The number of carbonyl (C=O) groups is 1. The standard InChI is InChI=1S/C24H25NO2/c1-16(2)27-22-13-12-21(19-6-4-5-7-20(19)22)25-23(26)24(14-15-24)18-10-8-17(3)9-11-18/h4-13,16H,14-15H2,1-3H3,(H,25,26). The zero-order chi connectivity index (χ0) is 19.0. The number of hydrogen-bond acceptors (Lipinski definition) is 2. The van der Waals surface area contributed by atoms with Crippen molar-refractivity contribution in [2.45, 2.75) is 45.1 Å². The highest BCUT2D eigenvalue weighted by molar-refractivity contribution is 6.08. The Labute approximate surface area is 160 Å². The summed E-state index contributed by atoms with van der Waals surface area (Å²) in [6.07, 6.45) is 1.90. The summed E-state index contributed by atoms with van der Waals surface area (Å²) in [5.41, 5.74) is 2.77. The fourth-order valence-corrected chi connectivity index (χ4v) is 3.62. The number of nitrogens with one attached hydrogen (secondary N) is 1. The molecule has 27 heavy (non-hydrogen) atoms. The first kappa shape index (κ1) is 17.6. The molecule has 1 saturated carbocycles. The Bertz CT molecular complexity index is 985. The van der Waals surface area contributed by atoms with E-state index in [1.807, 2.05) is 50.2 Å². The Morgan fingerprint density at radius 2 is 1.63 bits per heavy atom. The highest BCUT2D eigenvalue weighted by Gasteiger charge is 2.51. The highest BCUT2D eigenvalue weighted by atomic mass is 16.5. The fraction of sp³-hybridized carbons (Fsp3) is 0.292. The van der Waals surface area contributed by atoms with Crippen LogP contribution in [0, 0.1) is 6.92 Å². The first-order chi connectivity index (χ1) is 13.0. The summed E-state index contributed by atoms with van der Waals surface area (Å²) in [4.78, 5) is 13.1. The molecule has 3 heteroatoms. The molecule has 0 aromatic heterocycles. The lowest BCUT2D eigenvalue weighted by molar-refractivity contribution is -0.118. The number of ether oxygens (including phenoxy) is 1. The summed E-state index contributed by atoms with van der Waals surface area (Å²) in [5.74, 6) is 0.923. The van der Waals surface area contributed by atoms with Gasteiger partial charge in [0, 0.05) is 16.5 Å². The number of benzene rings is 3. The van der Waals surface area contributed by atoms with Crippen LogP contribution in [-0.4, -0.2) is 12.0 Å². The molecule has 1 N–H and O–H groups in total. The molecule has 3 nitrogen and oxygen atoms in total. The maximum atomic E-state index is 13.1. The van der Waals surface area contributed by atoms with Crippen LogP contribution in [0.3, 0.4) is 0 Å². The molecule has 0 unspecified atom stereocenters. The Hall–Kier alpha value is -2.81. The van der Waals surface area contributed by atoms with Crippen LogP contribution >= 0.6 is 0 Å². The van der Waals surface area contributed by atoms with Gasteiger partial charge in [-0.25, -0.2) is 0 Å². The molecular weight excluding hydrogens is 334 g/mol. The third-order valence-corrected chi connectivity index (χ3v) is 5.28. The molecule has 3 aromatic rings. The number of amides is 1. The number of fused-ring (bicyclic) bond motifs is 1. The molecular formula is C24H25NO2. The number of carbonyl (C=O) groups excluding carboxylic acids is 1. The molecule has 0 aliphatic heterocycles. The number of anilines is 1. The summed E-state index contributed by atoms with van der Waals surface area (Å²) in [6, 6.07) is 20.3. The van der Waals surface area contributed by atoms with Crippen molar-refractivity contribution in [1.29, 1.82) is 0 Å². The number of rotatable bonds is 5. The van der Waals surface area contributed by atoms with E-state index in [0.29, 0.717) is 0 Å². The fourth-order valence-electron chi connectivity index (χ4n) is 3.62. The van der Waals surface area contributed by atoms with Crippen molar-refractivity contribution in [2.75, 3.05) is 5.32 Å². The van der Waals surface area contributed by atoms with Gasteiger partial charge in [-0.1, -0.05) is 54.1 Å². The van der Waals surface area contributed by atoms with Crippen molar-refractivity contribution in [1.82, 2.24) is 0 Å². The van der Waals surface area contributed by atoms with Crippen LogP contribution in [0.25, 0.3) is 10.8 Å². The Morgan fingerprint density at radius 3 is 2.26 bits per heavy atom. The first-order valence-electron chi connectivity index (χ1n) is 9.57. The molecule has 0 saturated heterocycles. The van der Waals surface area contributed by atoms with E-state index in [1.165, 1.54) is 5.56 Å². The van der Waals surface area contributed by atoms with E-state index < -0.39 is 0 Å². The molecule has 0 bridgehead atoms. The zero-order valence-corrected chi connectivity index (χ0v) is 16.1. The molecule has 1 aliphatic rings. The summed E-state index contributed by atoms with van der Waals surface area (Å²) < 4.78 is 5.93. The maximum Gasteiger partial charge on any atom is 0.235 e. The third kappa shape index (κ3) is 3.30. The van der Waals surface area contributed by atoms with Gasteiger partial charge in [0.2, 0.25) is 5.91 Å². The molecule has 0 heterocycles. The second-order valence-corrected chi connectivity index (χ2v) is 7.73. The van der Waals surface area contributed by atoms with Crippen LogP contribution in [0.5, 0.6) is 5.75 Å². The Kier molecular flexibility index (Phi) is 4.39. The zero-order valence-electron chi connectivity index (χ0n) is 16.1. The normalized spacial score (nSPS) is 15.0. The van der Waals surface area contributed by atoms with Crippen LogP contribution < -0.4 is 10.1 Å². The molecule has 0 atom stereocenters. The van der Waals surface area contributed by atoms with Crippen molar-refractivity contribution in [3.8, 4) is 5.75 Å². The van der Waals surface area contributed by atoms with Gasteiger partial charge < -0.3 is 10.1 Å². The molecule has 1 aliphatic carbocycles. The Balaban J connectivity index is 1.66. The second kappa shape index (κ2) is 6.73. The van der Waals surface area contributed by atoms with Gasteiger partial charge in [-0.2, -0.15) is 0 Å². The van der Waals surface area contributed by atoms with Gasteiger partial charge in [-0.05, 0) is 51.3 Å². The molecule has 3 aromatic carbocycles. The average molecular weight is 359 g/mol. The number of aryl methyl sites for hydroxylation is 1. The Morgan fingerprint density at radius 1 is 0.963 bits per heavy atom. The summed E-state index contributed by atoms with van der Waals surface area (Å²) in [6.45, 7) is 6.10. The lowest BCUT2D eigenvalue weighted by Gasteiger charge is -2.19. The van der Waals surface area contributed by atoms with Crippen LogP contribution in [0.15, 0.2) is 60.7 Å². The van der Waals surface area contributed by atoms with E-state index in [4.69, 9.17) is 4.74 Å². The van der Waals surface area contributed by atoms with Gasteiger partial charge in [-0.3, -0.25) is 4.79 Å². The number of hydrogen-bond donors (Lipinski definition) is 1. The topological polar surface area (TPSA) is 38.3 Å². The molecule has 0 radical (unpaired) electrons. The van der Waals surface area contributed by atoms with E-state index in [1.54, 1.807) is 0 Å². The van der Waals surface area contributed by atoms with E-state index >= 15 is 0 Å². The van der Waals surface area contributed by atoms with E-state index in [0.717, 1.165) is 40.6 Å². The minimum Gasteiger partial charge on any atom is -0.490 e. The SMILES string of the molecule is Cc1ccc(C2(C(=O)Nc3ccc(OC(C)C)c4ccccc34)CC2)cc1. The van der Waals surface area contributed by atoms with Gasteiger partial charge in [0.15, 0.2) is 0 Å². The molecule has 1 fully saturated rings. The van der Waals surface area contributed by atoms with Crippen LogP contribution in [0.2, 0.25) is 0 Å². The quantitative estimate of drug-likeness (QED) is 0.643. The minimum absolute atomic E-state index is 0.0778. The molecule has 138 valence electrons. The van der Waals surface area contributed by atoms with Crippen molar-refractivity contribution >= 4 is 22.4 Å². The smallest absolute Gasteiger partial charge is 0.235 e. The molecule has 4 rings (SSSR count). The third-order valence-electron chi connectivity index (χ3n) is 5.28. The van der Waals surface area contributed by atoms with E-state index in [-0.39, 0.29) is 17.4 Å². The highest BCUT2D eigenvalue weighted by Crippen LogP contribution is 2.49. The van der Waals surface area contributed by atoms with Crippen molar-refractivity contribution in [3.05, 3.63) is 71.8 Å². The summed E-state index contributed by atoms with van der Waals surface area (Å²) in [7, 11) is 0. The lowest BCUT2D eigenvalue weighted by Crippen LogP contribution is -2.27. The largest absolute Gasteiger partial charge is 0.490 e. The molecule has 1 amide bonds. The maximum absolute atomic E-state index is 13.1. The van der Waals surface area contributed by atoms with Gasteiger partial charge in [0.05, 0.1) is 11.5 Å².